The lowest BCUT2D eigenvalue weighted by Gasteiger charge is -2.30. The maximum Gasteiger partial charge on any atom is 0.324 e. The zero-order valence-corrected chi connectivity index (χ0v) is 31.4. The lowest BCUT2D eigenvalue weighted by atomic mass is 10.1. The quantitative estimate of drug-likeness (QED) is 0.0892. The van der Waals surface area contributed by atoms with Crippen LogP contribution in [-0.2, 0) is 14.4 Å². The van der Waals surface area contributed by atoms with E-state index in [1.807, 2.05) is 13.8 Å². The minimum absolute atomic E-state index is 0.0207. The number of amides is 8. The van der Waals surface area contributed by atoms with Gasteiger partial charge in [0, 0.05) is 63.8 Å². The van der Waals surface area contributed by atoms with Crippen LogP contribution >= 0.6 is 0 Å². The number of rotatable bonds is 21. The van der Waals surface area contributed by atoms with Crippen molar-refractivity contribution in [3.8, 4) is 0 Å². The van der Waals surface area contributed by atoms with Crippen molar-refractivity contribution in [2.24, 2.45) is 0 Å². The van der Waals surface area contributed by atoms with Crippen LogP contribution in [0.3, 0.4) is 0 Å². The summed E-state index contributed by atoms with van der Waals surface area (Å²) in [6.07, 6.45) is 9.70. The number of imide groups is 1. The van der Waals surface area contributed by atoms with Gasteiger partial charge in [-0.2, -0.15) is 0 Å². The molecular weight excluding hydrogens is 642 g/mol. The molecule has 2 aliphatic heterocycles. The second-order valence-corrected chi connectivity index (χ2v) is 13.7. The number of nitrogens with one attached hydrogen (secondary N) is 5. The molecule has 2 rings (SSSR count). The molecule has 0 aromatic carbocycles. The fourth-order valence-electron chi connectivity index (χ4n) is 6.65. The standard InChI is InChI=1S/C35H65N9O6/c1-7-31(46)39-28(25-45)24-43(23-17-29-14-13-21-41(29)6)34(49)38-20-12-10-9-11-19-37-33(48)42(8-2)22-18-30-16-15-26(3)44(30)35(50)40-32(47)27(4)36-5/h25-30,36H,7-24H2,1-6H3,(H,37,48)(H,38,49)(H,39,46)(H,40,47,50)/t26?,27?,28-,29-,30+/m0/s1. The van der Waals surface area contributed by atoms with E-state index in [1.54, 1.807) is 35.6 Å². The lowest BCUT2D eigenvalue weighted by molar-refractivity contribution is -0.124. The normalized spacial score (nSPS) is 20.1. The van der Waals surface area contributed by atoms with Crippen molar-refractivity contribution < 1.29 is 28.8 Å². The molecule has 2 fully saturated rings. The van der Waals surface area contributed by atoms with E-state index in [-0.39, 0.29) is 55.0 Å². The Morgan fingerprint density at radius 1 is 0.880 bits per heavy atom. The molecule has 2 saturated heterocycles. The van der Waals surface area contributed by atoms with Gasteiger partial charge in [-0.3, -0.25) is 14.9 Å². The van der Waals surface area contributed by atoms with Gasteiger partial charge in [-0.1, -0.05) is 19.8 Å². The van der Waals surface area contributed by atoms with Crippen molar-refractivity contribution in [3.05, 3.63) is 0 Å². The minimum Gasteiger partial charge on any atom is -0.345 e. The van der Waals surface area contributed by atoms with E-state index < -0.39 is 12.1 Å². The third-order valence-electron chi connectivity index (χ3n) is 10.1. The topological polar surface area (TPSA) is 176 Å². The van der Waals surface area contributed by atoms with Crippen LogP contribution in [0.1, 0.15) is 98.3 Å². The van der Waals surface area contributed by atoms with Crippen molar-refractivity contribution in [1.29, 1.82) is 0 Å². The van der Waals surface area contributed by atoms with Crippen molar-refractivity contribution in [3.63, 3.8) is 0 Å². The summed E-state index contributed by atoms with van der Waals surface area (Å²) in [5.74, 6) is -0.586. The molecule has 8 amide bonds. The number of likely N-dealkylation sites (tertiary alicyclic amines) is 2. The number of hydrogen-bond acceptors (Lipinski definition) is 8. The molecule has 2 aliphatic rings. The van der Waals surface area contributed by atoms with Crippen LogP contribution in [0.5, 0.6) is 0 Å². The van der Waals surface area contributed by atoms with Crippen LogP contribution in [0, 0.1) is 0 Å². The highest BCUT2D eigenvalue weighted by Crippen LogP contribution is 2.26. The van der Waals surface area contributed by atoms with E-state index in [4.69, 9.17) is 0 Å². The van der Waals surface area contributed by atoms with Gasteiger partial charge in [0.15, 0.2) is 0 Å². The summed E-state index contributed by atoms with van der Waals surface area (Å²) in [6.45, 7) is 11.1. The monoisotopic (exact) mass is 708 g/mol. The number of urea groups is 3. The third kappa shape index (κ3) is 14.4. The van der Waals surface area contributed by atoms with Crippen LogP contribution in [0.25, 0.3) is 0 Å². The first kappa shape index (κ1) is 42.7. The van der Waals surface area contributed by atoms with E-state index in [0.717, 1.165) is 64.3 Å². The molecule has 5 N–H and O–H groups in total. The van der Waals surface area contributed by atoms with E-state index in [1.165, 1.54) is 0 Å². The molecule has 15 heteroatoms. The Balaban J connectivity index is 1.70. The molecule has 50 heavy (non-hydrogen) atoms. The number of likely N-dealkylation sites (N-methyl/N-ethyl adjacent to an activating group) is 1. The van der Waals surface area contributed by atoms with E-state index >= 15 is 0 Å². The molecule has 0 bridgehead atoms. The highest BCUT2D eigenvalue weighted by Gasteiger charge is 2.35. The fourth-order valence-corrected chi connectivity index (χ4v) is 6.65. The molecule has 0 saturated carbocycles. The Morgan fingerprint density at radius 2 is 1.50 bits per heavy atom. The molecule has 0 aliphatic carbocycles. The molecule has 0 radical (unpaired) electrons. The number of hydrogen-bond donors (Lipinski definition) is 5. The fraction of sp³-hybridized carbons (Fsp3) is 0.829. The van der Waals surface area contributed by atoms with Crippen LogP contribution < -0.4 is 26.6 Å². The van der Waals surface area contributed by atoms with Crippen molar-refractivity contribution in [2.45, 2.75) is 129 Å². The van der Waals surface area contributed by atoms with Gasteiger partial charge < -0.3 is 45.7 Å². The Kier molecular flexibility index (Phi) is 19.7. The predicted octanol–water partition coefficient (Wildman–Crippen LogP) is 2.26. The number of carbonyl (C=O) groups excluding carboxylic acids is 6. The molecule has 0 spiro atoms. The maximum atomic E-state index is 13.1. The molecule has 2 heterocycles. The van der Waals surface area contributed by atoms with Gasteiger partial charge in [-0.05, 0) is 92.8 Å². The first-order chi connectivity index (χ1) is 23.9. The summed E-state index contributed by atoms with van der Waals surface area (Å²) in [5.41, 5.74) is 0. The highest BCUT2D eigenvalue weighted by molar-refractivity contribution is 5.97. The zero-order valence-electron chi connectivity index (χ0n) is 31.4. The number of carbonyl (C=O) groups is 6. The zero-order chi connectivity index (χ0) is 37.1. The number of aldehydes is 1. The van der Waals surface area contributed by atoms with Crippen LogP contribution in [0.2, 0.25) is 0 Å². The maximum absolute atomic E-state index is 13.1. The highest BCUT2D eigenvalue weighted by atomic mass is 16.2. The number of unbranched alkanes of at least 4 members (excludes halogenated alkanes) is 3. The first-order valence-electron chi connectivity index (χ1n) is 18.8. The van der Waals surface area contributed by atoms with Gasteiger partial charge in [-0.15, -0.1) is 0 Å². The van der Waals surface area contributed by atoms with Gasteiger partial charge in [0.2, 0.25) is 11.8 Å². The summed E-state index contributed by atoms with van der Waals surface area (Å²) < 4.78 is 0. The van der Waals surface area contributed by atoms with Crippen LogP contribution in [0.4, 0.5) is 14.4 Å². The SMILES string of the molecule is CCC(=O)N[C@H](C=O)CN(CC[C@@H]1CCCN1C)C(=O)NCCCCCCNC(=O)N(CC)CC[C@H]1CCC(C)N1C(=O)NC(=O)C(C)NC. The molecule has 286 valence electrons. The average Bonchev–Trinajstić information content (AvgIpc) is 3.70. The summed E-state index contributed by atoms with van der Waals surface area (Å²) >= 11 is 0. The molecule has 0 aromatic rings. The summed E-state index contributed by atoms with van der Waals surface area (Å²) in [5, 5.41) is 14.0. The van der Waals surface area contributed by atoms with E-state index in [0.29, 0.717) is 51.5 Å². The third-order valence-corrected chi connectivity index (χ3v) is 10.1. The largest absolute Gasteiger partial charge is 0.345 e. The van der Waals surface area contributed by atoms with Gasteiger partial charge in [0.25, 0.3) is 0 Å². The molecule has 5 atom stereocenters. The number of nitrogens with zero attached hydrogens (tertiary/aromatic N) is 4. The van der Waals surface area contributed by atoms with Gasteiger partial charge >= 0.3 is 18.1 Å². The molecular formula is C35H65N9O6. The molecule has 2 unspecified atom stereocenters. The Morgan fingerprint density at radius 3 is 2.06 bits per heavy atom. The van der Waals surface area contributed by atoms with Gasteiger partial charge in [-0.25, -0.2) is 14.4 Å². The van der Waals surface area contributed by atoms with Crippen LogP contribution in [0.15, 0.2) is 0 Å². The summed E-state index contributed by atoms with van der Waals surface area (Å²) in [7, 11) is 3.76. The van der Waals surface area contributed by atoms with Crippen molar-refractivity contribution in [2.75, 3.05) is 59.9 Å². The molecule has 15 nitrogen and oxygen atoms in total. The Labute approximate surface area is 299 Å². The average molecular weight is 708 g/mol. The van der Waals surface area contributed by atoms with E-state index in [9.17, 15) is 28.8 Å². The second-order valence-electron chi connectivity index (χ2n) is 13.7. The summed E-state index contributed by atoms with van der Waals surface area (Å²) in [4.78, 5) is 82.1. The second kappa shape index (κ2) is 23.1. The summed E-state index contributed by atoms with van der Waals surface area (Å²) in [6, 6.07) is -1.58. The van der Waals surface area contributed by atoms with E-state index in [2.05, 4.69) is 38.5 Å². The van der Waals surface area contributed by atoms with Crippen LogP contribution in [-0.4, -0.2) is 146 Å². The molecule has 0 aromatic heterocycles. The smallest absolute Gasteiger partial charge is 0.324 e. The van der Waals surface area contributed by atoms with Gasteiger partial charge in [0.05, 0.1) is 6.04 Å². The first-order valence-corrected chi connectivity index (χ1v) is 18.8. The van der Waals surface area contributed by atoms with Crippen molar-refractivity contribution >= 4 is 36.2 Å². The predicted molar refractivity (Wildman–Crippen MR) is 194 cm³/mol. The van der Waals surface area contributed by atoms with Crippen molar-refractivity contribution in [1.82, 2.24) is 46.2 Å². The Bertz CT molecular complexity index is 1090. The van der Waals surface area contributed by atoms with Gasteiger partial charge in [0.1, 0.15) is 12.3 Å². The minimum atomic E-state index is -0.745. The Hall–Kier alpha value is -3.46. The lowest BCUT2D eigenvalue weighted by Crippen LogP contribution is -2.52.